The number of benzene rings is 1. The van der Waals surface area contributed by atoms with Crippen molar-refractivity contribution >= 4 is 23.4 Å². The van der Waals surface area contributed by atoms with E-state index in [1.54, 1.807) is 18.2 Å². The molecule has 122 valence electrons. The number of methoxy groups -OCH3 is 2. The van der Waals surface area contributed by atoms with Gasteiger partial charge in [-0.1, -0.05) is 6.07 Å². The summed E-state index contributed by atoms with van der Waals surface area (Å²) in [6.07, 6.45) is 1.02. The first-order chi connectivity index (χ1) is 10.6. The van der Waals surface area contributed by atoms with Crippen LogP contribution in [0.4, 0.5) is 0 Å². The third-order valence-electron chi connectivity index (χ3n) is 2.93. The Bertz CT molecular complexity index is 486. The number of amides is 2. The van der Waals surface area contributed by atoms with Crippen molar-refractivity contribution in [3.05, 3.63) is 23.8 Å². The van der Waals surface area contributed by atoms with Crippen LogP contribution in [0.15, 0.2) is 18.2 Å². The van der Waals surface area contributed by atoms with Crippen LogP contribution in [0.3, 0.4) is 0 Å². The fourth-order valence-corrected chi connectivity index (χ4v) is 1.99. The lowest BCUT2D eigenvalue weighted by atomic mass is 10.1. The summed E-state index contributed by atoms with van der Waals surface area (Å²) in [6.45, 7) is 0.664. The molecule has 7 heteroatoms. The number of halogens is 1. The Balaban J connectivity index is 2.51. The molecule has 0 fully saturated rings. The molecule has 2 amide bonds. The highest BCUT2D eigenvalue weighted by Gasteiger charge is 2.17. The van der Waals surface area contributed by atoms with Crippen molar-refractivity contribution in [2.24, 2.45) is 0 Å². The van der Waals surface area contributed by atoms with Gasteiger partial charge in [-0.3, -0.25) is 9.59 Å². The van der Waals surface area contributed by atoms with Gasteiger partial charge in [0, 0.05) is 25.4 Å². The molecule has 1 rings (SSSR count). The Kier molecular flexibility index (Phi) is 8.14. The number of carbonyl (C=O) groups excluding carboxylic acids is 2. The van der Waals surface area contributed by atoms with Crippen molar-refractivity contribution in [3.8, 4) is 11.5 Å². The highest BCUT2D eigenvalue weighted by Crippen LogP contribution is 2.27. The SMILES string of the molecule is COc1cccc(OC)c1C(=O)NCCNC(=O)CCCCl. The molecule has 0 spiro atoms. The lowest BCUT2D eigenvalue weighted by Crippen LogP contribution is -2.34. The van der Waals surface area contributed by atoms with Gasteiger partial charge in [-0.15, -0.1) is 11.6 Å². The van der Waals surface area contributed by atoms with E-state index in [0.717, 1.165) is 0 Å². The van der Waals surface area contributed by atoms with Gasteiger partial charge in [0.1, 0.15) is 17.1 Å². The highest BCUT2D eigenvalue weighted by atomic mass is 35.5. The zero-order valence-corrected chi connectivity index (χ0v) is 13.5. The van der Waals surface area contributed by atoms with Crippen LogP contribution < -0.4 is 20.1 Å². The van der Waals surface area contributed by atoms with Crippen molar-refractivity contribution in [3.63, 3.8) is 0 Å². The fourth-order valence-electron chi connectivity index (χ4n) is 1.86. The minimum absolute atomic E-state index is 0.0789. The van der Waals surface area contributed by atoms with Crippen LogP contribution in [0.1, 0.15) is 23.2 Å². The molecule has 0 heterocycles. The van der Waals surface area contributed by atoms with E-state index in [1.807, 2.05) is 0 Å². The molecule has 1 aromatic rings. The first kappa shape index (κ1) is 18.1. The number of hydrogen-bond donors (Lipinski definition) is 2. The summed E-state index contributed by atoms with van der Waals surface area (Å²) >= 11 is 5.51. The maximum Gasteiger partial charge on any atom is 0.258 e. The molecule has 0 aliphatic heterocycles. The largest absolute Gasteiger partial charge is 0.496 e. The Morgan fingerprint density at radius 1 is 1.09 bits per heavy atom. The number of hydrogen-bond acceptors (Lipinski definition) is 4. The second-order valence-corrected chi connectivity index (χ2v) is 4.81. The first-order valence-electron chi connectivity index (χ1n) is 6.95. The van der Waals surface area contributed by atoms with Gasteiger partial charge in [0.2, 0.25) is 5.91 Å². The first-order valence-corrected chi connectivity index (χ1v) is 7.49. The summed E-state index contributed by atoms with van der Waals surface area (Å²) in [5, 5.41) is 5.43. The van der Waals surface area contributed by atoms with Gasteiger partial charge in [-0.25, -0.2) is 0 Å². The van der Waals surface area contributed by atoms with Crippen LogP contribution in [-0.4, -0.2) is 45.0 Å². The van der Waals surface area contributed by atoms with E-state index in [-0.39, 0.29) is 11.8 Å². The third-order valence-corrected chi connectivity index (χ3v) is 3.19. The van der Waals surface area contributed by atoms with E-state index in [2.05, 4.69) is 10.6 Å². The van der Waals surface area contributed by atoms with Crippen LogP contribution in [0.5, 0.6) is 11.5 Å². The summed E-state index contributed by atoms with van der Waals surface area (Å²) in [4.78, 5) is 23.6. The molecule has 2 N–H and O–H groups in total. The van der Waals surface area contributed by atoms with E-state index in [4.69, 9.17) is 21.1 Å². The van der Waals surface area contributed by atoms with E-state index < -0.39 is 0 Å². The van der Waals surface area contributed by atoms with Crippen molar-refractivity contribution < 1.29 is 19.1 Å². The van der Waals surface area contributed by atoms with Gasteiger partial charge in [0.15, 0.2) is 0 Å². The third kappa shape index (κ3) is 5.44. The summed E-state index contributed by atoms with van der Waals surface area (Å²) < 4.78 is 10.3. The van der Waals surface area contributed by atoms with E-state index in [9.17, 15) is 9.59 Å². The Morgan fingerprint density at radius 2 is 1.68 bits per heavy atom. The smallest absolute Gasteiger partial charge is 0.258 e. The molecular weight excluding hydrogens is 308 g/mol. The van der Waals surface area contributed by atoms with Crippen LogP contribution in [0, 0.1) is 0 Å². The number of alkyl halides is 1. The molecule has 0 unspecified atom stereocenters. The molecule has 0 atom stereocenters. The molecule has 0 aromatic heterocycles. The zero-order chi connectivity index (χ0) is 16.4. The minimum Gasteiger partial charge on any atom is -0.496 e. The average molecular weight is 329 g/mol. The molecule has 22 heavy (non-hydrogen) atoms. The van der Waals surface area contributed by atoms with Crippen LogP contribution in [0.2, 0.25) is 0 Å². The topological polar surface area (TPSA) is 76.7 Å². The predicted molar refractivity (Wildman–Crippen MR) is 84.8 cm³/mol. The summed E-state index contributed by atoms with van der Waals surface area (Å²) in [5.74, 6) is 0.928. The molecule has 0 saturated heterocycles. The number of carbonyl (C=O) groups is 2. The minimum atomic E-state index is -0.315. The molecule has 0 aliphatic carbocycles. The molecule has 6 nitrogen and oxygen atoms in total. The molecule has 0 saturated carbocycles. The summed E-state index contributed by atoms with van der Waals surface area (Å²) in [7, 11) is 2.98. The Hall–Kier alpha value is -1.95. The van der Waals surface area contributed by atoms with Crippen LogP contribution in [-0.2, 0) is 4.79 Å². The zero-order valence-electron chi connectivity index (χ0n) is 12.8. The summed E-state index contributed by atoms with van der Waals surface area (Å²) in [6, 6.07) is 5.11. The quantitative estimate of drug-likeness (QED) is 0.533. The maximum atomic E-state index is 12.2. The average Bonchev–Trinajstić information content (AvgIpc) is 2.55. The standard InChI is InChI=1S/C15H21ClN2O4/c1-21-11-5-3-6-12(22-2)14(11)15(20)18-10-9-17-13(19)7-4-8-16/h3,5-6H,4,7-10H2,1-2H3,(H,17,19)(H,18,20). The fraction of sp³-hybridized carbons (Fsp3) is 0.467. The van der Waals surface area contributed by atoms with Crippen molar-refractivity contribution in [2.75, 3.05) is 33.2 Å². The molecular formula is C15H21ClN2O4. The van der Waals surface area contributed by atoms with Gasteiger partial charge in [-0.05, 0) is 18.6 Å². The monoisotopic (exact) mass is 328 g/mol. The van der Waals surface area contributed by atoms with Crippen molar-refractivity contribution in [1.82, 2.24) is 10.6 Å². The second-order valence-electron chi connectivity index (χ2n) is 4.44. The lowest BCUT2D eigenvalue weighted by Gasteiger charge is -2.13. The number of rotatable bonds is 9. The van der Waals surface area contributed by atoms with Crippen molar-refractivity contribution in [2.45, 2.75) is 12.8 Å². The molecule has 1 aromatic carbocycles. The molecule has 0 aliphatic rings. The van der Waals surface area contributed by atoms with Gasteiger partial charge >= 0.3 is 0 Å². The van der Waals surface area contributed by atoms with Crippen molar-refractivity contribution in [1.29, 1.82) is 0 Å². The highest BCUT2D eigenvalue weighted by molar-refractivity contribution is 6.17. The predicted octanol–water partition coefficient (Wildman–Crippen LogP) is 1.57. The van der Waals surface area contributed by atoms with Gasteiger partial charge < -0.3 is 20.1 Å². The molecule has 0 radical (unpaired) electrons. The van der Waals surface area contributed by atoms with Gasteiger partial charge in [0.25, 0.3) is 5.91 Å². The summed E-state index contributed by atoms with van der Waals surface area (Å²) in [5.41, 5.74) is 0.334. The van der Waals surface area contributed by atoms with E-state index >= 15 is 0 Å². The Labute approximate surface area is 135 Å². The number of ether oxygens (including phenoxy) is 2. The lowest BCUT2D eigenvalue weighted by molar-refractivity contribution is -0.121. The Morgan fingerprint density at radius 3 is 2.23 bits per heavy atom. The van der Waals surface area contributed by atoms with Crippen LogP contribution in [0.25, 0.3) is 0 Å². The number of nitrogens with one attached hydrogen (secondary N) is 2. The van der Waals surface area contributed by atoms with E-state index in [0.29, 0.717) is 48.9 Å². The van der Waals surface area contributed by atoms with Crippen LogP contribution >= 0.6 is 11.6 Å². The second kappa shape index (κ2) is 9.89. The van der Waals surface area contributed by atoms with Gasteiger partial charge in [-0.2, -0.15) is 0 Å². The maximum absolute atomic E-state index is 12.2. The van der Waals surface area contributed by atoms with Gasteiger partial charge in [0.05, 0.1) is 14.2 Å². The molecule has 0 bridgehead atoms. The normalized spacial score (nSPS) is 9.95. The van der Waals surface area contributed by atoms with E-state index in [1.165, 1.54) is 14.2 Å².